The molecule has 5 nitrogen and oxygen atoms in total. The molecule has 2 heterocycles. The van der Waals surface area contributed by atoms with Gasteiger partial charge in [-0.2, -0.15) is 9.61 Å². The van der Waals surface area contributed by atoms with Crippen molar-refractivity contribution in [2.45, 2.75) is 50.0 Å². The lowest BCUT2D eigenvalue weighted by molar-refractivity contribution is 0.658. The maximum Gasteiger partial charge on any atom is 0.234 e. The third-order valence-electron chi connectivity index (χ3n) is 3.80. The predicted octanol–water partition coefficient (Wildman–Crippen LogP) is 1.66. The first kappa shape index (κ1) is 9.96. The highest BCUT2D eigenvalue weighted by Crippen LogP contribution is 2.40. The van der Waals surface area contributed by atoms with E-state index < -0.39 is 0 Å². The summed E-state index contributed by atoms with van der Waals surface area (Å²) < 4.78 is 1.96. The second-order valence-electron chi connectivity index (χ2n) is 5.24. The topological polar surface area (TPSA) is 69.1 Å². The van der Waals surface area contributed by atoms with Gasteiger partial charge < -0.3 is 5.73 Å². The summed E-state index contributed by atoms with van der Waals surface area (Å²) >= 11 is 1.69. The Balaban J connectivity index is 1.72. The Hall–Kier alpha value is -1.01. The average molecular weight is 249 g/mol. The first-order chi connectivity index (χ1) is 8.31. The molecule has 2 aliphatic carbocycles. The van der Waals surface area contributed by atoms with E-state index in [-0.39, 0.29) is 0 Å². The molecule has 2 atom stereocenters. The molecule has 2 fully saturated rings. The number of aromatic nitrogens is 4. The molecule has 2 aromatic heterocycles. The quantitative estimate of drug-likeness (QED) is 0.878. The molecule has 0 spiro atoms. The highest BCUT2D eigenvalue weighted by molar-refractivity contribution is 7.16. The number of hydrogen-bond acceptors (Lipinski definition) is 5. The van der Waals surface area contributed by atoms with Crippen LogP contribution in [0.15, 0.2) is 0 Å². The summed E-state index contributed by atoms with van der Waals surface area (Å²) in [6.07, 6.45) is 5.84. The van der Waals surface area contributed by atoms with Crippen LogP contribution < -0.4 is 5.73 Å². The Kier molecular flexibility index (Phi) is 2.05. The van der Waals surface area contributed by atoms with E-state index in [2.05, 4.69) is 10.2 Å². The summed E-state index contributed by atoms with van der Waals surface area (Å²) in [5.41, 5.74) is 5.96. The molecule has 0 radical (unpaired) electrons. The highest BCUT2D eigenvalue weighted by Gasteiger charge is 2.31. The maximum absolute atomic E-state index is 5.96. The molecule has 2 aliphatic rings. The van der Waals surface area contributed by atoms with Crippen LogP contribution >= 0.6 is 11.3 Å². The molecule has 0 amide bonds. The van der Waals surface area contributed by atoms with Gasteiger partial charge in [-0.3, -0.25) is 0 Å². The largest absolute Gasteiger partial charge is 0.328 e. The van der Waals surface area contributed by atoms with Crippen molar-refractivity contribution in [1.29, 1.82) is 0 Å². The monoisotopic (exact) mass is 249 g/mol. The van der Waals surface area contributed by atoms with Gasteiger partial charge in [0.2, 0.25) is 4.96 Å². The molecule has 17 heavy (non-hydrogen) atoms. The van der Waals surface area contributed by atoms with Gasteiger partial charge in [0.25, 0.3) is 0 Å². The molecule has 4 rings (SSSR count). The molecule has 0 bridgehead atoms. The van der Waals surface area contributed by atoms with Gasteiger partial charge in [0.15, 0.2) is 5.82 Å². The van der Waals surface area contributed by atoms with Gasteiger partial charge in [0.05, 0.1) is 0 Å². The summed E-state index contributed by atoms with van der Waals surface area (Å²) in [6, 6.07) is 0.359. The minimum Gasteiger partial charge on any atom is -0.328 e. The van der Waals surface area contributed by atoms with Crippen LogP contribution in [0.3, 0.4) is 0 Å². The van der Waals surface area contributed by atoms with E-state index >= 15 is 0 Å². The lowest BCUT2D eigenvalue weighted by Crippen LogP contribution is -2.14. The van der Waals surface area contributed by atoms with Crippen molar-refractivity contribution in [2.24, 2.45) is 5.73 Å². The minimum atomic E-state index is 0.359. The molecule has 0 aliphatic heterocycles. The summed E-state index contributed by atoms with van der Waals surface area (Å²) in [5.74, 6) is 2.21. The van der Waals surface area contributed by atoms with Crippen LogP contribution in [0, 0.1) is 0 Å². The van der Waals surface area contributed by atoms with Crippen molar-refractivity contribution in [3.05, 3.63) is 10.8 Å². The van der Waals surface area contributed by atoms with Gasteiger partial charge in [0, 0.05) is 17.9 Å². The summed E-state index contributed by atoms with van der Waals surface area (Å²) in [5, 5.41) is 14.4. The van der Waals surface area contributed by atoms with E-state index in [1.165, 1.54) is 24.3 Å². The Morgan fingerprint density at radius 2 is 1.94 bits per heavy atom. The Bertz CT molecular complexity index is 555. The second-order valence-corrected chi connectivity index (χ2v) is 6.22. The first-order valence-electron chi connectivity index (χ1n) is 6.29. The van der Waals surface area contributed by atoms with Crippen molar-refractivity contribution in [3.8, 4) is 0 Å². The number of nitrogens with zero attached hydrogens (tertiary/aromatic N) is 4. The van der Waals surface area contributed by atoms with E-state index in [1.807, 2.05) is 4.52 Å². The fourth-order valence-corrected chi connectivity index (χ4v) is 3.64. The van der Waals surface area contributed by atoms with Crippen molar-refractivity contribution >= 4 is 16.3 Å². The number of nitrogens with two attached hydrogens (primary N) is 1. The Morgan fingerprint density at radius 1 is 1.12 bits per heavy atom. The fourth-order valence-electron chi connectivity index (χ4n) is 2.65. The molecule has 2 N–H and O–H groups in total. The molecule has 2 saturated carbocycles. The number of hydrogen-bond donors (Lipinski definition) is 1. The van der Waals surface area contributed by atoms with Crippen LogP contribution in [0.1, 0.15) is 54.8 Å². The second kappa shape index (κ2) is 3.49. The zero-order chi connectivity index (χ0) is 11.4. The first-order valence-corrected chi connectivity index (χ1v) is 7.10. The van der Waals surface area contributed by atoms with E-state index in [0.717, 1.165) is 23.6 Å². The SMILES string of the molecule is NC1CCC(c2nn3c(C4CC4)nnc3s2)C1. The Labute approximate surface area is 103 Å². The van der Waals surface area contributed by atoms with Crippen LogP contribution in [-0.4, -0.2) is 25.9 Å². The standard InChI is InChI=1S/C11H15N5S/c12-8-4-3-7(5-8)10-15-16-9(6-1-2-6)13-14-11(16)17-10/h6-8H,1-5,12H2. The van der Waals surface area contributed by atoms with Gasteiger partial charge in [-0.15, -0.1) is 10.2 Å². The average Bonchev–Trinajstić information content (AvgIpc) is 2.73. The summed E-state index contributed by atoms with van der Waals surface area (Å²) in [7, 11) is 0. The van der Waals surface area contributed by atoms with E-state index in [4.69, 9.17) is 10.8 Å². The van der Waals surface area contributed by atoms with Gasteiger partial charge >= 0.3 is 0 Å². The van der Waals surface area contributed by atoms with Crippen LogP contribution in [-0.2, 0) is 0 Å². The van der Waals surface area contributed by atoms with Crippen LogP contribution in [0.2, 0.25) is 0 Å². The zero-order valence-corrected chi connectivity index (χ0v) is 10.4. The Morgan fingerprint density at radius 3 is 2.65 bits per heavy atom. The minimum absolute atomic E-state index is 0.359. The van der Waals surface area contributed by atoms with Crippen LogP contribution in [0.5, 0.6) is 0 Å². The molecule has 0 aromatic carbocycles. The number of fused-ring (bicyclic) bond motifs is 1. The molecule has 6 heteroatoms. The smallest absolute Gasteiger partial charge is 0.234 e. The third-order valence-corrected chi connectivity index (χ3v) is 4.86. The summed E-state index contributed by atoms with van der Waals surface area (Å²) in [6.45, 7) is 0. The lowest BCUT2D eigenvalue weighted by atomic mass is 10.1. The van der Waals surface area contributed by atoms with E-state index in [1.54, 1.807) is 11.3 Å². The molecule has 2 aromatic rings. The zero-order valence-electron chi connectivity index (χ0n) is 9.54. The molecule has 2 unspecified atom stereocenters. The molecule has 0 saturated heterocycles. The van der Waals surface area contributed by atoms with Gasteiger partial charge in [-0.05, 0) is 32.1 Å². The lowest BCUT2D eigenvalue weighted by Gasteiger charge is -2.03. The van der Waals surface area contributed by atoms with E-state index in [9.17, 15) is 0 Å². The van der Waals surface area contributed by atoms with Crippen LogP contribution in [0.25, 0.3) is 4.96 Å². The van der Waals surface area contributed by atoms with Gasteiger partial charge in [-0.1, -0.05) is 11.3 Å². The highest BCUT2D eigenvalue weighted by atomic mass is 32.1. The van der Waals surface area contributed by atoms with Gasteiger partial charge in [-0.25, -0.2) is 0 Å². The van der Waals surface area contributed by atoms with Crippen molar-refractivity contribution in [3.63, 3.8) is 0 Å². The summed E-state index contributed by atoms with van der Waals surface area (Å²) in [4.78, 5) is 0.947. The van der Waals surface area contributed by atoms with Crippen molar-refractivity contribution in [1.82, 2.24) is 19.8 Å². The van der Waals surface area contributed by atoms with Crippen molar-refractivity contribution in [2.75, 3.05) is 0 Å². The molecule has 90 valence electrons. The van der Waals surface area contributed by atoms with E-state index in [0.29, 0.717) is 17.9 Å². The fraction of sp³-hybridized carbons (Fsp3) is 0.727. The van der Waals surface area contributed by atoms with Gasteiger partial charge in [0.1, 0.15) is 5.01 Å². The maximum atomic E-state index is 5.96. The van der Waals surface area contributed by atoms with Crippen LogP contribution in [0.4, 0.5) is 0 Å². The number of rotatable bonds is 2. The molecular weight excluding hydrogens is 234 g/mol. The normalized spacial score (nSPS) is 29.2. The predicted molar refractivity (Wildman–Crippen MR) is 65.2 cm³/mol. The third kappa shape index (κ3) is 1.58. The molecular formula is C11H15N5S. The van der Waals surface area contributed by atoms with Crippen molar-refractivity contribution < 1.29 is 0 Å².